The van der Waals surface area contributed by atoms with Crippen LogP contribution in [0.5, 0.6) is 5.75 Å². The first-order valence-corrected chi connectivity index (χ1v) is 31.6. The highest BCUT2D eigenvalue weighted by atomic mass is 32.2. The number of amides is 4. The third kappa shape index (κ3) is 12.5. The summed E-state index contributed by atoms with van der Waals surface area (Å²) in [7, 11) is -3.24. The molecule has 2 aromatic carbocycles. The van der Waals surface area contributed by atoms with Crippen LogP contribution < -0.4 is 15.2 Å². The second-order valence-electron chi connectivity index (χ2n) is 23.7. The van der Waals surface area contributed by atoms with Gasteiger partial charge in [-0.05, 0) is 113 Å². The molecule has 0 aliphatic carbocycles. The maximum atomic E-state index is 15.2. The largest absolute Gasteiger partial charge is 0.543 e. The lowest BCUT2D eigenvalue weighted by Gasteiger charge is -2.42. The summed E-state index contributed by atoms with van der Waals surface area (Å²) < 4.78 is 41.2. The number of aromatic nitrogens is 2. The standard InChI is InChI=1S/C58H84N8O9SSi/c1-16-40-22-23-59-31-46(40)53-45-30-58(11,12)34-74-57(71)47-19-18-24-65(61-47)55(69)48(60-54(68)52(35(3)4)63(14)51(67)33-62(13)56(70)50-32-66(50)76(15,72)73)27-39-25-42(41-20-21-49(44(45)29-41)64(53)17-2)28-43(26-39)75-77(36(5)6,37(7)8)38(9)10/h20-23,25-26,28-29,31,35-38,47-48,50,52,61H,16-19,24,27,30,32-34H2,1-15H3,(H,60,68)/t47-,48-,50+,52-,66?/m0/s1. The number of nitrogens with one attached hydrogen (secondary N) is 2. The molecule has 2 fully saturated rings. The summed E-state index contributed by atoms with van der Waals surface area (Å²) in [6.07, 6.45) is 7.18. The Morgan fingerprint density at radius 1 is 0.961 bits per heavy atom. The molecule has 4 aromatic rings. The average Bonchev–Trinajstić information content (AvgIpc) is 4.19. The van der Waals surface area contributed by atoms with Crippen molar-refractivity contribution in [2.24, 2.45) is 11.3 Å². The minimum Gasteiger partial charge on any atom is -0.543 e. The Bertz CT molecular complexity index is 2970. The Hall–Kier alpha value is -5.63. The fourth-order valence-corrected chi connectivity index (χ4v) is 18.4. The van der Waals surface area contributed by atoms with Crippen molar-refractivity contribution in [1.82, 2.24) is 39.4 Å². The number of aryl methyl sites for hydroxylation is 2. The van der Waals surface area contributed by atoms with Crippen LogP contribution in [0.4, 0.5) is 0 Å². The number of fused-ring (bicyclic) bond motifs is 6. The molecule has 3 aliphatic heterocycles. The van der Waals surface area contributed by atoms with Crippen LogP contribution in [0.1, 0.15) is 113 Å². The highest BCUT2D eigenvalue weighted by Crippen LogP contribution is 2.45. The van der Waals surface area contributed by atoms with E-state index in [2.05, 4.69) is 126 Å². The lowest BCUT2D eigenvalue weighted by molar-refractivity contribution is -0.155. The van der Waals surface area contributed by atoms with Gasteiger partial charge in [-0.3, -0.25) is 34.0 Å². The quantitative estimate of drug-likeness (QED) is 0.0634. The van der Waals surface area contributed by atoms with Crippen LogP contribution in [0.25, 0.3) is 33.3 Å². The molecule has 77 heavy (non-hydrogen) atoms. The summed E-state index contributed by atoms with van der Waals surface area (Å²) in [5.74, 6) is -2.37. The van der Waals surface area contributed by atoms with Crippen molar-refractivity contribution in [1.29, 1.82) is 0 Å². The molecule has 0 radical (unpaired) electrons. The summed E-state index contributed by atoms with van der Waals surface area (Å²) >= 11 is 0. The molecule has 19 heteroatoms. The average molecular weight is 1100 g/mol. The van der Waals surface area contributed by atoms with E-state index in [0.29, 0.717) is 31.6 Å². The van der Waals surface area contributed by atoms with Gasteiger partial charge in [-0.1, -0.05) is 88.3 Å². The van der Waals surface area contributed by atoms with Crippen molar-refractivity contribution in [3.05, 3.63) is 71.5 Å². The van der Waals surface area contributed by atoms with Gasteiger partial charge in [0.05, 0.1) is 25.1 Å². The van der Waals surface area contributed by atoms with Crippen LogP contribution in [0.3, 0.4) is 0 Å². The molecule has 420 valence electrons. The molecule has 17 nitrogen and oxygen atoms in total. The van der Waals surface area contributed by atoms with Gasteiger partial charge in [-0.2, -0.15) is 4.31 Å². The third-order valence-electron chi connectivity index (χ3n) is 16.1. The number of sulfonamides is 1. The highest BCUT2D eigenvalue weighted by Gasteiger charge is 2.49. The predicted molar refractivity (Wildman–Crippen MR) is 304 cm³/mol. The maximum absolute atomic E-state index is 15.2. The van der Waals surface area contributed by atoms with E-state index in [0.717, 1.165) is 61.4 Å². The van der Waals surface area contributed by atoms with Crippen molar-refractivity contribution in [3.8, 4) is 28.1 Å². The molecule has 4 amide bonds. The SMILES string of the molecule is CCc1ccncc1-c1c2c3cc(ccc3n1CC)-c1cc(cc(O[Si](C(C)C)(C(C)C)C(C)C)c1)C[C@H](NC(=O)[C@H](C(C)C)N(C)C(=O)CN(C)C(=O)[C@H]1CN1S(C)(=O)=O)C(=O)N1CCC[C@H](N1)C(=O)OCC(C)(C)C2. The van der Waals surface area contributed by atoms with E-state index in [1.807, 2.05) is 18.5 Å². The Labute approximate surface area is 457 Å². The van der Waals surface area contributed by atoms with Crippen LogP contribution in [-0.4, -0.2) is 146 Å². The number of ether oxygens (including phenoxy) is 1. The number of carbonyl (C=O) groups excluding carboxylic acids is 5. The molecule has 5 atom stereocenters. The van der Waals surface area contributed by atoms with E-state index < -0.39 is 90.0 Å². The highest BCUT2D eigenvalue weighted by molar-refractivity contribution is 7.88. The van der Waals surface area contributed by atoms with Crippen LogP contribution in [0.15, 0.2) is 54.9 Å². The Morgan fingerprint density at radius 3 is 2.26 bits per heavy atom. The minimum atomic E-state index is -3.59. The van der Waals surface area contributed by atoms with E-state index in [9.17, 15) is 27.6 Å². The minimum absolute atomic E-state index is 0.0262. The first-order valence-electron chi connectivity index (χ1n) is 27.6. The van der Waals surface area contributed by atoms with Gasteiger partial charge < -0.3 is 28.8 Å². The number of esters is 1. The number of nitrogens with zero attached hydrogens (tertiary/aromatic N) is 6. The second kappa shape index (κ2) is 23.4. The van der Waals surface area contributed by atoms with Crippen LogP contribution in [0.2, 0.25) is 16.6 Å². The van der Waals surface area contributed by atoms with Crippen molar-refractivity contribution < 1.29 is 41.6 Å². The summed E-state index contributed by atoms with van der Waals surface area (Å²) in [5, 5.41) is 5.56. The number of likely N-dealkylation sites (N-methyl/N-ethyl adjacent to an activating group) is 2. The van der Waals surface area contributed by atoms with Gasteiger partial charge in [0.15, 0.2) is 0 Å². The topological polar surface area (TPSA) is 193 Å². The molecule has 0 saturated carbocycles. The Kier molecular flexibility index (Phi) is 17.9. The van der Waals surface area contributed by atoms with Crippen molar-refractivity contribution >= 4 is 58.8 Å². The smallest absolute Gasteiger partial charge is 0.324 e. The molecule has 2 saturated heterocycles. The van der Waals surface area contributed by atoms with Crippen molar-refractivity contribution in [3.63, 3.8) is 0 Å². The lowest BCUT2D eigenvalue weighted by atomic mass is 9.84. The van der Waals surface area contributed by atoms with Gasteiger partial charge in [0.25, 0.3) is 14.2 Å². The fourth-order valence-electron chi connectivity index (χ4n) is 12.2. The zero-order valence-corrected chi connectivity index (χ0v) is 50.0. The lowest BCUT2D eigenvalue weighted by Crippen LogP contribution is -2.62. The molecule has 0 spiro atoms. The molecule has 7 rings (SSSR count). The number of pyridine rings is 1. The van der Waals surface area contributed by atoms with Gasteiger partial charge in [0.2, 0.25) is 27.7 Å². The Balaban J connectivity index is 1.37. The molecular weight excluding hydrogens is 1010 g/mol. The molecule has 5 heterocycles. The number of carbonyl (C=O) groups is 5. The number of rotatable bonds is 16. The predicted octanol–water partition coefficient (Wildman–Crippen LogP) is 7.74. The monoisotopic (exact) mass is 1100 g/mol. The van der Waals surface area contributed by atoms with Crippen molar-refractivity contribution in [2.75, 3.05) is 46.6 Å². The summed E-state index contributed by atoms with van der Waals surface area (Å²) in [4.78, 5) is 78.5. The van der Waals surface area contributed by atoms with E-state index >= 15 is 4.79 Å². The first-order chi connectivity index (χ1) is 36.1. The van der Waals surface area contributed by atoms with Crippen LogP contribution in [0, 0.1) is 11.3 Å². The summed E-state index contributed by atoms with van der Waals surface area (Å²) in [6.45, 7) is 26.3. The number of hydrazine groups is 1. The van der Waals surface area contributed by atoms with Gasteiger partial charge >= 0.3 is 5.97 Å². The van der Waals surface area contributed by atoms with E-state index in [-0.39, 0.29) is 42.7 Å². The molecule has 2 aromatic heterocycles. The van der Waals surface area contributed by atoms with Gasteiger partial charge in [-0.25, -0.2) is 13.8 Å². The molecule has 2 N–H and O–H groups in total. The van der Waals surface area contributed by atoms with Crippen LogP contribution >= 0.6 is 0 Å². The molecular formula is C58H84N8O9SSi. The normalized spacial score (nSPS) is 20.5. The number of hydrogen-bond donors (Lipinski definition) is 2. The summed E-state index contributed by atoms with van der Waals surface area (Å²) in [5.41, 5.74) is 11.5. The number of cyclic esters (lactones) is 1. The van der Waals surface area contributed by atoms with E-state index in [4.69, 9.17) is 9.16 Å². The number of hydrogen-bond acceptors (Lipinski definition) is 11. The van der Waals surface area contributed by atoms with E-state index in [1.54, 1.807) is 13.8 Å². The van der Waals surface area contributed by atoms with Crippen LogP contribution in [-0.2, 0) is 64.5 Å². The van der Waals surface area contributed by atoms with Crippen molar-refractivity contribution in [2.45, 2.75) is 163 Å². The number of benzene rings is 2. The van der Waals surface area contributed by atoms with Gasteiger partial charge in [0.1, 0.15) is 29.9 Å². The zero-order chi connectivity index (χ0) is 56.6. The molecule has 6 bridgehead atoms. The van der Waals surface area contributed by atoms with E-state index in [1.165, 1.54) is 34.5 Å². The molecule has 1 unspecified atom stereocenters. The first kappa shape index (κ1) is 59.0. The maximum Gasteiger partial charge on any atom is 0.324 e. The third-order valence-corrected chi connectivity index (χ3v) is 23.4. The van der Waals surface area contributed by atoms with Gasteiger partial charge in [-0.15, -0.1) is 0 Å². The summed E-state index contributed by atoms with van der Waals surface area (Å²) in [6, 6.07) is 10.8. The second-order valence-corrected chi connectivity index (χ2v) is 31.0. The fraction of sp³-hybridized carbons (Fsp3) is 0.586. The van der Waals surface area contributed by atoms with Gasteiger partial charge in [0, 0.05) is 74.4 Å². The molecule has 3 aliphatic rings. The zero-order valence-electron chi connectivity index (χ0n) is 48.2. The Morgan fingerprint density at radius 2 is 1.65 bits per heavy atom.